The van der Waals surface area contributed by atoms with Crippen molar-refractivity contribution in [3.05, 3.63) is 35.1 Å². The Balaban J connectivity index is 2.10. The molecule has 1 fully saturated rings. The fourth-order valence-corrected chi connectivity index (χ4v) is 2.45. The molecule has 0 aliphatic carbocycles. The van der Waals surface area contributed by atoms with Crippen LogP contribution in [0.3, 0.4) is 0 Å². The zero-order valence-electron chi connectivity index (χ0n) is 11.9. The molecule has 1 unspecified atom stereocenters. The lowest BCUT2D eigenvalue weighted by molar-refractivity contribution is 0.0350. The summed E-state index contributed by atoms with van der Waals surface area (Å²) in [5.74, 6) is 1.17. The van der Waals surface area contributed by atoms with Crippen LogP contribution in [0.25, 0.3) is 0 Å². The van der Waals surface area contributed by atoms with Crippen LogP contribution in [0.1, 0.15) is 34.9 Å². The lowest BCUT2D eigenvalue weighted by atomic mass is 10.0. The second-order valence-electron chi connectivity index (χ2n) is 5.03. The Kier molecular flexibility index (Phi) is 4.94. The Morgan fingerprint density at radius 2 is 2.19 bits per heavy atom. The molecule has 1 saturated heterocycles. The number of likely N-dealkylation sites (tertiary alicyclic amines) is 1. The van der Waals surface area contributed by atoms with Crippen LogP contribution in [0.5, 0.6) is 0 Å². The molecule has 4 nitrogen and oxygen atoms in total. The highest BCUT2D eigenvalue weighted by Gasteiger charge is 2.24. The number of piperidine rings is 1. The van der Waals surface area contributed by atoms with E-state index in [-0.39, 0.29) is 23.1 Å². The van der Waals surface area contributed by atoms with Gasteiger partial charge in [-0.25, -0.2) is 4.39 Å². The highest BCUT2D eigenvalue weighted by molar-refractivity contribution is 5.94. The van der Waals surface area contributed by atoms with Crippen molar-refractivity contribution < 1.29 is 19.0 Å². The summed E-state index contributed by atoms with van der Waals surface area (Å²) in [6, 6.07) is 3.97. The first-order chi connectivity index (χ1) is 10.1. The summed E-state index contributed by atoms with van der Waals surface area (Å²) in [4.78, 5) is 14.0. The molecule has 1 N–H and O–H groups in total. The van der Waals surface area contributed by atoms with Crippen LogP contribution in [0.2, 0.25) is 0 Å². The third kappa shape index (κ3) is 3.41. The molecule has 0 spiro atoms. The quantitative estimate of drug-likeness (QED) is 0.863. The number of methoxy groups -OCH3 is 1. The van der Waals surface area contributed by atoms with E-state index >= 15 is 0 Å². The molecule has 0 saturated carbocycles. The number of terminal acetylenes is 1. The SMILES string of the molecule is C#CC(O)c1ccc(C(=O)N2CCC(OC)CC2)cc1F. The fraction of sp³-hybridized carbons (Fsp3) is 0.438. The van der Waals surface area contributed by atoms with E-state index in [1.165, 1.54) is 12.1 Å². The first kappa shape index (κ1) is 15.5. The average molecular weight is 291 g/mol. The van der Waals surface area contributed by atoms with Gasteiger partial charge in [-0.05, 0) is 25.0 Å². The number of halogens is 1. The van der Waals surface area contributed by atoms with E-state index in [9.17, 15) is 14.3 Å². The summed E-state index contributed by atoms with van der Waals surface area (Å²) < 4.78 is 19.1. The number of ether oxygens (including phenoxy) is 1. The Morgan fingerprint density at radius 3 is 2.71 bits per heavy atom. The van der Waals surface area contributed by atoms with E-state index in [1.54, 1.807) is 12.0 Å². The summed E-state index contributed by atoms with van der Waals surface area (Å²) in [5.41, 5.74) is 0.267. The minimum atomic E-state index is -1.30. The Labute approximate surface area is 123 Å². The number of hydrogen-bond donors (Lipinski definition) is 1. The average Bonchev–Trinajstić information content (AvgIpc) is 2.53. The molecule has 0 bridgehead atoms. The molecule has 21 heavy (non-hydrogen) atoms. The Hall–Kier alpha value is -1.90. The van der Waals surface area contributed by atoms with Crippen molar-refractivity contribution in [1.82, 2.24) is 4.90 Å². The monoisotopic (exact) mass is 291 g/mol. The predicted octanol–water partition coefficient (Wildman–Crippen LogP) is 1.74. The highest BCUT2D eigenvalue weighted by atomic mass is 19.1. The summed E-state index contributed by atoms with van der Waals surface area (Å²) in [6.07, 6.45) is 5.49. The fourth-order valence-electron chi connectivity index (χ4n) is 2.45. The Bertz CT molecular complexity index is 559. The van der Waals surface area contributed by atoms with Gasteiger partial charge in [0.25, 0.3) is 5.91 Å². The molecule has 1 aliphatic heterocycles. The zero-order chi connectivity index (χ0) is 15.4. The number of aliphatic hydroxyl groups excluding tert-OH is 1. The molecule has 112 valence electrons. The number of nitrogens with zero attached hydrogens (tertiary/aromatic N) is 1. The van der Waals surface area contributed by atoms with E-state index < -0.39 is 11.9 Å². The number of aliphatic hydroxyl groups is 1. The summed E-state index contributed by atoms with van der Waals surface area (Å²) in [7, 11) is 1.66. The molecule has 0 aromatic heterocycles. The maximum Gasteiger partial charge on any atom is 0.253 e. The van der Waals surface area contributed by atoms with Crippen molar-refractivity contribution in [2.24, 2.45) is 0 Å². The number of hydrogen-bond acceptors (Lipinski definition) is 3. The Morgan fingerprint density at radius 1 is 1.52 bits per heavy atom. The van der Waals surface area contributed by atoms with Gasteiger partial charge in [0.05, 0.1) is 6.10 Å². The van der Waals surface area contributed by atoms with Gasteiger partial charge in [0.2, 0.25) is 0 Å². The molecule has 1 aromatic carbocycles. The molecule has 5 heteroatoms. The van der Waals surface area contributed by atoms with Gasteiger partial charge in [-0.15, -0.1) is 6.42 Å². The second-order valence-corrected chi connectivity index (χ2v) is 5.03. The van der Waals surface area contributed by atoms with Gasteiger partial charge in [0.15, 0.2) is 0 Å². The van der Waals surface area contributed by atoms with Gasteiger partial charge in [-0.3, -0.25) is 4.79 Å². The van der Waals surface area contributed by atoms with Gasteiger partial charge in [-0.2, -0.15) is 0 Å². The first-order valence-electron chi connectivity index (χ1n) is 6.82. The van der Waals surface area contributed by atoms with E-state index in [1.807, 2.05) is 0 Å². The largest absolute Gasteiger partial charge is 0.381 e. The topological polar surface area (TPSA) is 49.8 Å². The summed E-state index contributed by atoms with van der Waals surface area (Å²) in [6.45, 7) is 1.18. The van der Waals surface area contributed by atoms with E-state index in [4.69, 9.17) is 11.2 Å². The van der Waals surface area contributed by atoms with Crippen LogP contribution in [0.4, 0.5) is 4.39 Å². The van der Waals surface area contributed by atoms with Crippen LogP contribution in [-0.4, -0.2) is 42.2 Å². The van der Waals surface area contributed by atoms with Crippen molar-refractivity contribution in [1.29, 1.82) is 0 Å². The normalized spacial score (nSPS) is 17.3. The zero-order valence-corrected chi connectivity index (χ0v) is 11.9. The van der Waals surface area contributed by atoms with Crippen LogP contribution in [0, 0.1) is 18.2 Å². The van der Waals surface area contributed by atoms with Gasteiger partial charge in [0.1, 0.15) is 11.9 Å². The van der Waals surface area contributed by atoms with Gasteiger partial charge >= 0.3 is 0 Å². The smallest absolute Gasteiger partial charge is 0.253 e. The lowest BCUT2D eigenvalue weighted by Crippen LogP contribution is -2.40. The van der Waals surface area contributed by atoms with E-state index in [0.29, 0.717) is 13.1 Å². The number of carbonyl (C=O) groups is 1. The minimum absolute atomic E-state index is 0.00661. The second kappa shape index (κ2) is 6.70. The van der Waals surface area contributed by atoms with Crippen molar-refractivity contribution in [2.75, 3.05) is 20.2 Å². The number of benzene rings is 1. The van der Waals surface area contributed by atoms with Gasteiger partial charge in [0, 0.05) is 31.3 Å². The molecular weight excluding hydrogens is 273 g/mol. The third-order valence-electron chi connectivity index (χ3n) is 3.76. The molecule has 1 atom stereocenters. The standard InChI is InChI=1S/C16H18FNO3/c1-3-15(19)13-5-4-11(10-14(13)17)16(20)18-8-6-12(21-2)7-9-18/h1,4-5,10,12,15,19H,6-9H2,2H3. The highest BCUT2D eigenvalue weighted by Crippen LogP contribution is 2.20. The molecule has 2 rings (SSSR count). The van der Waals surface area contributed by atoms with Gasteiger partial charge in [-0.1, -0.05) is 12.0 Å². The van der Waals surface area contributed by atoms with Crippen LogP contribution >= 0.6 is 0 Å². The predicted molar refractivity (Wildman–Crippen MR) is 76.1 cm³/mol. The van der Waals surface area contributed by atoms with E-state index in [0.717, 1.165) is 18.9 Å². The van der Waals surface area contributed by atoms with E-state index in [2.05, 4.69) is 5.92 Å². The number of amides is 1. The molecule has 1 aliphatic rings. The third-order valence-corrected chi connectivity index (χ3v) is 3.76. The summed E-state index contributed by atoms with van der Waals surface area (Å²) in [5, 5.41) is 9.46. The van der Waals surface area contributed by atoms with Crippen molar-refractivity contribution >= 4 is 5.91 Å². The molecule has 1 heterocycles. The van der Waals surface area contributed by atoms with Gasteiger partial charge < -0.3 is 14.7 Å². The summed E-state index contributed by atoms with van der Waals surface area (Å²) >= 11 is 0. The molecule has 1 amide bonds. The first-order valence-corrected chi connectivity index (χ1v) is 6.82. The van der Waals surface area contributed by atoms with Crippen LogP contribution in [0.15, 0.2) is 18.2 Å². The number of carbonyl (C=O) groups excluding carboxylic acids is 1. The van der Waals surface area contributed by atoms with Crippen molar-refractivity contribution in [3.8, 4) is 12.3 Å². The van der Waals surface area contributed by atoms with Crippen LogP contribution < -0.4 is 0 Å². The lowest BCUT2D eigenvalue weighted by Gasteiger charge is -2.31. The van der Waals surface area contributed by atoms with Crippen molar-refractivity contribution in [3.63, 3.8) is 0 Å². The molecule has 0 radical (unpaired) electrons. The van der Waals surface area contributed by atoms with Crippen molar-refractivity contribution in [2.45, 2.75) is 25.0 Å². The molecule has 1 aromatic rings. The maximum atomic E-state index is 13.9. The minimum Gasteiger partial charge on any atom is -0.381 e. The molecular formula is C16H18FNO3. The number of rotatable bonds is 3. The maximum absolute atomic E-state index is 13.9. The van der Waals surface area contributed by atoms with Crippen LogP contribution in [-0.2, 0) is 4.74 Å².